The average Bonchev–Trinajstić information content (AvgIpc) is 2.70. The summed E-state index contributed by atoms with van der Waals surface area (Å²) in [7, 11) is 0. The molecule has 28 heavy (non-hydrogen) atoms. The molecule has 2 aromatic carbocycles. The SMILES string of the molecule is Cc1cc(OCC(=O)N2CCN(C(=O)c3ccccc3O)CC2)cc(C)c1Cl. The fourth-order valence-electron chi connectivity index (χ4n) is 3.21. The van der Waals surface area contributed by atoms with Crippen molar-refractivity contribution in [3.05, 3.63) is 58.1 Å². The highest BCUT2D eigenvalue weighted by Crippen LogP contribution is 2.26. The molecule has 1 saturated heterocycles. The molecule has 3 rings (SSSR count). The number of hydrogen-bond donors (Lipinski definition) is 1. The Hall–Kier alpha value is -2.73. The van der Waals surface area contributed by atoms with Crippen LogP contribution in [0, 0.1) is 13.8 Å². The fourth-order valence-corrected chi connectivity index (χ4v) is 3.32. The summed E-state index contributed by atoms with van der Waals surface area (Å²) < 4.78 is 5.63. The molecule has 0 aromatic heterocycles. The van der Waals surface area contributed by atoms with Crippen LogP contribution in [0.4, 0.5) is 0 Å². The standard InChI is InChI=1S/C21H23ClN2O4/c1-14-11-16(12-15(2)20(14)22)28-13-19(26)23-7-9-24(10-8-23)21(27)17-5-3-4-6-18(17)25/h3-6,11-12,25H,7-10,13H2,1-2H3. The third-order valence-electron chi connectivity index (χ3n) is 4.83. The van der Waals surface area contributed by atoms with E-state index in [2.05, 4.69) is 0 Å². The molecule has 0 aliphatic carbocycles. The maximum atomic E-state index is 12.5. The van der Waals surface area contributed by atoms with Crippen molar-refractivity contribution >= 4 is 23.4 Å². The lowest BCUT2D eigenvalue weighted by atomic mass is 10.1. The average molecular weight is 403 g/mol. The fraction of sp³-hybridized carbons (Fsp3) is 0.333. The molecular weight excluding hydrogens is 380 g/mol. The van der Waals surface area contributed by atoms with Crippen molar-refractivity contribution in [2.75, 3.05) is 32.8 Å². The number of hydrogen-bond acceptors (Lipinski definition) is 4. The molecule has 2 amide bonds. The van der Waals surface area contributed by atoms with Crippen LogP contribution >= 0.6 is 11.6 Å². The van der Waals surface area contributed by atoms with Crippen molar-refractivity contribution in [1.82, 2.24) is 9.80 Å². The summed E-state index contributed by atoms with van der Waals surface area (Å²) in [6.07, 6.45) is 0. The molecule has 0 atom stereocenters. The number of ether oxygens (including phenoxy) is 1. The van der Waals surface area contributed by atoms with Gasteiger partial charge in [0.2, 0.25) is 0 Å². The highest BCUT2D eigenvalue weighted by atomic mass is 35.5. The zero-order valence-electron chi connectivity index (χ0n) is 15.9. The van der Waals surface area contributed by atoms with Gasteiger partial charge in [-0.15, -0.1) is 0 Å². The predicted molar refractivity (Wildman–Crippen MR) is 107 cm³/mol. The summed E-state index contributed by atoms with van der Waals surface area (Å²) in [5.74, 6) is 0.225. The number of phenols is 1. The molecule has 1 aliphatic heterocycles. The molecule has 148 valence electrons. The molecule has 0 spiro atoms. The maximum Gasteiger partial charge on any atom is 0.260 e. The van der Waals surface area contributed by atoms with Crippen LogP contribution in [-0.4, -0.2) is 59.5 Å². The monoisotopic (exact) mass is 402 g/mol. The van der Waals surface area contributed by atoms with Gasteiger partial charge >= 0.3 is 0 Å². The highest BCUT2D eigenvalue weighted by molar-refractivity contribution is 6.32. The van der Waals surface area contributed by atoms with Crippen LogP contribution in [0.15, 0.2) is 36.4 Å². The van der Waals surface area contributed by atoms with E-state index in [1.165, 1.54) is 6.07 Å². The predicted octanol–water partition coefficient (Wildman–Crippen LogP) is 3.03. The lowest BCUT2D eigenvalue weighted by Gasteiger charge is -2.34. The Bertz CT molecular complexity index is 869. The minimum absolute atomic E-state index is 0.0343. The van der Waals surface area contributed by atoms with Crippen molar-refractivity contribution in [1.29, 1.82) is 0 Å². The molecule has 0 radical (unpaired) electrons. The normalized spacial score (nSPS) is 14.1. The third kappa shape index (κ3) is 4.39. The number of amides is 2. The van der Waals surface area contributed by atoms with Crippen molar-refractivity contribution in [3.8, 4) is 11.5 Å². The first-order valence-electron chi connectivity index (χ1n) is 9.11. The van der Waals surface area contributed by atoms with Gasteiger partial charge in [0.15, 0.2) is 6.61 Å². The second-order valence-electron chi connectivity index (χ2n) is 6.85. The number of benzene rings is 2. The third-order valence-corrected chi connectivity index (χ3v) is 5.42. The molecule has 1 aliphatic rings. The number of nitrogens with zero attached hydrogens (tertiary/aromatic N) is 2. The van der Waals surface area contributed by atoms with E-state index in [1.54, 1.807) is 28.0 Å². The van der Waals surface area contributed by atoms with Gasteiger partial charge in [0.05, 0.1) is 5.56 Å². The second-order valence-corrected chi connectivity index (χ2v) is 7.23. The van der Waals surface area contributed by atoms with Crippen molar-refractivity contribution < 1.29 is 19.4 Å². The number of para-hydroxylation sites is 1. The van der Waals surface area contributed by atoms with Gasteiger partial charge in [-0.2, -0.15) is 0 Å². The first-order valence-corrected chi connectivity index (χ1v) is 9.49. The Morgan fingerprint density at radius 1 is 1.04 bits per heavy atom. The number of halogens is 1. The van der Waals surface area contributed by atoms with Gasteiger partial charge in [0.25, 0.3) is 11.8 Å². The number of piperazine rings is 1. The highest BCUT2D eigenvalue weighted by Gasteiger charge is 2.26. The number of rotatable bonds is 4. The van der Waals surface area contributed by atoms with E-state index < -0.39 is 0 Å². The van der Waals surface area contributed by atoms with Crippen molar-refractivity contribution in [2.24, 2.45) is 0 Å². The molecule has 2 aromatic rings. The van der Waals surface area contributed by atoms with E-state index >= 15 is 0 Å². The molecule has 1 N–H and O–H groups in total. The molecule has 0 bridgehead atoms. The van der Waals surface area contributed by atoms with Gasteiger partial charge in [-0.25, -0.2) is 0 Å². The number of aromatic hydroxyl groups is 1. The van der Waals surface area contributed by atoms with Crippen LogP contribution in [0.5, 0.6) is 11.5 Å². The van der Waals surface area contributed by atoms with E-state index in [-0.39, 0.29) is 29.7 Å². The summed E-state index contributed by atoms with van der Waals surface area (Å²) in [6.45, 7) is 5.42. The Balaban J connectivity index is 1.53. The Morgan fingerprint density at radius 3 is 2.21 bits per heavy atom. The lowest BCUT2D eigenvalue weighted by molar-refractivity contribution is -0.134. The number of phenolic OH excluding ortho intramolecular Hbond substituents is 1. The Labute approximate surface area is 169 Å². The summed E-state index contributed by atoms with van der Waals surface area (Å²) in [6, 6.07) is 10.1. The topological polar surface area (TPSA) is 70.1 Å². The van der Waals surface area contributed by atoms with Crippen molar-refractivity contribution in [3.63, 3.8) is 0 Å². The van der Waals surface area contributed by atoms with E-state index in [4.69, 9.17) is 16.3 Å². The number of carbonyl (C=O) groups is 2. The Kier molecular flexibility index (Phi) is 6.09. The summed E-state index contributed by atoms with van der Waals surface area (Å²) in [5.41, 5.74) is 2.08. The summed E-state index contributed by atoms with van der Waals surface area (Å²) in [4.78, 5) is 28.3. The van der Waals surface area contributed by atoms with Gasteiger partial charge in [0, 0.05) is 31.2 Å². The minimum atomic E-state index is -0.228. The van der Waals surface area contributed by atoms with E-state index in [1.807, 2.05) is 26.0 Å². The summed E-state index contributed by atoms with van der Waals surface area (Å²) in [5, 5.41) is 10.5. The van der Waals surface area contributed by atoms with Crippen LogP contribution in [0.1, 0.15) is 21.5 Å². The van der Waals surface area contributed by atoms with Crippen LogP contribution in [0.2, 0.25) is 5.02 Å². The molecular formula is C21H23ClN2O4. The Morgan fingerprint density at radius 2 is 1.61 bits per heavy atom. The number of aryl methyl sites for hydroxylation is 2. The van der Waals surface area contributed by atoms with Gasteiger partial charge in [-0.05, 0) is 49.2 Å². The van der Waals surface area contributed by atoms with Gasteiger partial charge in [-0.1, -0.05) is 23.7 Å². The van der Waals surface area contributed by atoms with E-state index in [0.29, 0.717) is 37.0 Å². The zero-order chi connectivity index (χ0) is 20.3. The first kappa shape index (κ1) is 20.0. The quantitative estimate of drug-likeness (QED) is 0.853. The van der Waals surface area contributed by atoms with E-state index in [0.717, 1.165) is 11.1 Å². The van der Waals surface area contributed by atoms with Crippen LogP contribution in [0.3, 0.4) is 0 Å². The van der Waals surface area contributed by atoms with Crippen molar-refractivity contribution in [2.45, 2.75) is 13.8 Å². The molecule has 0 saturated carbocycles. The zero-order valence-corrected chi connectivity index (χ0v) is 16.7. The summed E-state index contributed by atoms with van der Waals surface area (Å²) >= 11 is 6.15. The van der Waals surface area contributed by atoms with Gasteiger partial charge in [-0.3, -0.25) is 9.59 Å². The molecule has 0 unspecified atom stereocenters. The maximum absolute atomic E-state index is 12.5. The molecule has 1 fully saturated rings. The van der Waals surface area contributed by atoms with Crippen LogP contribution in [-0.2, 0) is 4.79 Å². The molecule has 1 heterocycles. The first-order chi connectivity index (χ1) is 13.4. The lowest BCUT2D eigenvalue weighted by Crippen LogP contribution is -2.51. The van der Waals surface area contributed by atoms with E-state index in [9.17, 15) is 14.7 Å². The molecule has 6 nitrogen and oxygen atoms in total. The molecule has 7 heteroatoms. The smallest absolute Gasteiger partial charge is 0.260 e. The van der Waals surface area contributed by atoms with Gasteiger partial charge in [0.1, 0.15) is 11.5 Å². The van der Waals surface area contributed by atoms with Crippen LogP contribution < -0.4 is 4.74 Å². The largest absolute Gasteiger partial charge is 0.507 e. The minimum Gasteiger partial charge on any atom is -0.507 e. The number of carbonyl (C=O) groups excluding carboxylic acids is 2. The van der Waals surface area contributed by atoms with Gasteiger partial charge < -0.3 is 19.6 Å². The second kappa shape index (κ2) is 8.52. The van der Waals surface area contributed by atoms with Crippen LogP contribution in [0.25, 0.3) is 0 Å².